The van der Waals surface area contributed by atoms with Crippen LogP contribution in [0.4, 0.5) is 10.1 Å². The first-order valence-electron chi connectivity index (χ1n) is 13.9. The van der Waals surface area contributed by atoms with Crippen LogP contribution in [0.1, 0.15) is 49.8 Å². The SMILES string of the molecule is CC[C@H](C)NC(=O)[C@@H](Cc1ccccc1)N(Cc1ccc(F)cc1)C(=O)CCCN(c1ccccc1C)S(C)(=O)=O. The summed E-state index contributed by atoms with van der Waals surface area (Å²) in [6, 6.07) is 21.7. The summed E-state index contributed by atoms with van der Waals surface area (Å²) in [5.74, 6) is -0.942. The maximum Gasteiger partial charge on any atom is 0.243 e. The number of hydrogen-bond acceptors (Lipinski definition) is 4. The van der Waals surface area contributed by atoms with Gasteiger partial charge in [-0.05, 0) is 61.6 Å². The molecule has 3 aromatic carbocycles. The standard InChI is InChI=1S/C32H40FN3O4S/c1-5-25(3)34-32(38)30(22-26-13-7-6-8-14-26)35(23-27-17-19-28(33)20-18-27)31(37)16-11-21-36(41(4,39)40)29-15-10-9-12-24(29)2/h6-10,12-15,17-20,25,30H,5,11,16,21-23H2,1-4H3,(H,34,38)/t25-,30+/m0/s1. The molecule has 0 saturated carbocycles. The van der Waals surface area contributed by atoms with Crippen LogP contribution in [0.5, 0.6) is 0 Å². The first kappa shape index (κ1) is 31.8. The Morgan fingerprint density at radius 3 is 2.17 bits per heavy atom. The number of rotatable bonds is 14. The highest BCUT2D eigenvalue weighted by Crippen LogP contribution is 2.23. The van der Waals surface area contributed by atoms with Gasteiger partial charge < -0.3 is 10.2 Å². The van der Waals surface area contributed by atoms with E-state index >= 15 is 0 Å². The van der Waals surface area contributed by atoms with Crippen LogP contribution in [0.3, 0.4) is 0 Å². The Labute approximate surface area is 243 Å². The van der Waals surface area contributed by atoms with Crippen molar-refractivity contribution >= 4 is 27.5 Å². The molecule has 0 unspecified atom stereocenters. The van der Waals surface area contributed by atoms with Crippen LogP contribution in [0.2, 0.25) is 0 Å². The molecule has 7 nitrogen and oxygen atoms in total. The van der Waals surface area contributed by atoms with Gasteiger partial charge in [0.25, 0.3) is 0 Å². The Morgan fingerprint density at radius 2 is 1.56 bits per heavy atom. The first-order chi connectivity index (χ1) is 19.5. The van der Waals surface area contributed by atoms with E-state index in [2.05, 4.69) is 5.32 Å². The molecule has 0 heterocycles. The highest BCUT2D eigenvalue weighted by molar-refractivity contribution is 7.92. The number of nitrogens with zero attached hydrogens (tertiary/aromatic N) is 2. The van der Waals surface area contributed by atoms with E-state index in [1.54, 1.807) is 24.3 Å². The van der Waals surface area contributed by atoms with Gasteiger partial charge in [-0.3, -0.25) is 13.9 Å². The summed E-state index contributed by atoms with van der Waals surface area (Å²) in [6.07, 6.45) is 2.47. The van der Waals surface area contributed by atoms with E-state index in [-0.39, 0.29) is 49.6 Å². The zero-order valence-electron chi connectivity index (χ0n) is 24.2. The molecule has 0 saturated heterocycles. The highest BCUT2D eigenvalue weighted by atomic mass is 32.2. The fourth-order valence-corrected chi connectivity index (χ4v) is 5.63. The smallest absolute Gasteiger partial charge is 0.243 e. The predicted octanol–water partition coefficient (Wildman–Crippen LogP) is 5.24. The van der Waals surface area contributed by atoms with Gasteiger partial charge in [0.2, 0.25) is 21.8 Å². The number of nitrogens with one attached hydrogen (secondary N) is 1. The Kier molecular flexibility index (Phi) is 11.5. The zero-order chi connectivity index (χ0) is 30.0. The second kappa shape index (κ2) is 14.8. The zero-order valence-corrected chi connectivity index (χ0v) is 25.0. The Bertz CT molecular complexity index is 1400. The molecule has 9 heteroatoms. The van der Waals surface area contributed by atoms with E-state index in [0.29, 0.717) is 17.7 Å². The molecule has 2 amide bonds. The number of carbonyl (C=O) groups is 2. The van der Waals surface area contributed by atoms with Crippen molar-refractivity contribution < 1.29 is 22.4 Å². The fourth-order valence-electron chi connectivity index (χ4n) is 4.61. The van der Waals surface area contributed by atoms with Crippen molar-refractivity contribution in [3.63, 3.8) is 0 Å². The average molecular weight is 582 g/mol. The molecule has 0 aliphatic rings. The minimum absolute atomic E-state index is 0.0288. The Balaban J connectivity index is 1.89. The van der Waals surface area contributed by atoms with Crippen molar-refractivity contribution in [2.75, 3.05) is 17.1 Å². The second-order valence-corrected chi connectivity index (χ2v) is 12.3. The summed E-state index contributed by atoms with van der Waals surface area (Å²) in [4.78, 5) is 29.0. The number of amides is 2. The number of sulfonamides is 1. The van der Waals surface area contributed by atoms with Crippen LogP contribution in [0, 0.1) is 12.7 Å². The lowest BCUT2D eigenvalue weighted by Gasteiger charge is -2.33. The molecule has 0 fully saturated rings. The summed E-state index contributed by atoms with van der Waals surface area (Å²) in [5, 5.41) is 3.02. The van der Waals surface area contributed by atoms with Crippen LogP contribution >= 0.6 is 0 Å². The predicted molar refractivity (Wildman–Crippen MR) is 161 cm³/mol. The first-order valence-corrected chi connectivity index (χ1v) is 15.8. The van der Waals surface area contributed by atoms with Gasteiger partial charge in [-0.2, -0.15) is 0 Å². The van der Waals surface area contributed by atoms with Crippen molar-refractivity contribution in [1.82, 2.24) is 10.2 Å². The maximum atomic E-state index is 13.8. The van der Waals surface area contributed by atoms with E-state index in [1.165, 1.54) is 21.3 Å². The lowest BCUT2D eigenvalue weighted by atomic mass is 10.0. The van der Waals surface area contributed by atoms with E-state index < -0.39 is 16.1 Å². The fraction of sp³-hybridized carbons (Fsp3) is 0.375. The van der Waals surface area contributed by atoms with E-state index in [1.807, 2.05) is 63.2 Å². The molecule has 0 bridgehead atoms. The highest BCUT2D eigenvalue weighted by Gasteiger charge is 2.31. The van der Waals surface area contributed by atoms with Gasteiger partial charge in [0.05, 0.1) is 11.9 Å². The molecule has 2 atom stereocenters. The van der Waals surface area contributed by atoms with E-state index in [4.69, 9.17) is 0 Å². The van der Waals surface area contributed by atoms with Crippen LogP contribution < -0.4 is 9.62 Å². The number of para-hydroxylation sites is 1. The molecule has 0 aliphatic heterocycles. The number of halogens is 1. The van der Waals surface area contributed by atoms with Gasteiger partial charge >= 0.3 is 0 Å². The van der Waals surface area contributed by atoms with Gasteiger partial charge in [-0.25, -0.2) is 12.8 Å². The molecule has 41 heavy (non-hydrogen) atoms. The third-order valence-corrected chi connectivity index (χ3v) is 8.25. The van der Waals surface area contributed by atoms with Crippen molar-refractivity contribution in [3.8, 4) is 0 Å². The molecule has 0 spiro atoms. The van der Waals surface area contributed by atoms with Crippen LogP contribution in [0.15, 0.2) is 78.9 Å². The molecule has 0 aromatic heterocycles. The van der Waals surface area contributed by atoms with Crippen molar-refractivity contribution in [1.29, 1.82) is 0 Å². The lowest BCUT2D eigenvalue weighted by Crippen LogP contribution is -2.52. The topological polar surface area (TPSA) is 86.8 Å². The monoisotopic (exact) mass is 581 g/mol. The number of anilines is 1. The molecule has 3 aromatic rings. The number of hydrogen-bond donors (Lipinski definition) is 1. The van der Waals surface area contributed by atoms with Crippen molar-refractivity contribution in [2.45, 2.75) is 65.1 Å². The number of aryl methyl sites for hydroxylation is 1. The number of benzene rings is 3. The summed E-state index contributed by atoms with van der Waals surface area (Å²) < 4.78 is 40.2. The van der Waals surface area contributed by atoms with Crippen molar-refractivity contribution in [3.05, 3.63) is 101 Å². The molecule has 0 aliphatic carbocycles. The largest absolute Gasteiger partial charge is 0.352 e. The van der Waals surface area contributed by atoms with Gasteiger partial charge in [0, 0.05) is 32.0 Å². The lowest BCUT2D eigenvalue weighted by molar-refractivity contribution is -0.141. The number of carbonyl (C=O) groups excluding carboxylic acids is 2. The third-order valence-electron chi connectivity index (χ3n) is 7.07. The molecular formula is C32H40FN3O4S. The van der Waals surface area contributed by atoms with Crippen LogP contribution in [-0.4, -0.2) is 50.0 Å². The average Bonchev–Trinajstić information content (AvgIpc) is 2.94. The quantitative estimate of drug-likeness (QED) is 0.282. The normalized spacial score (nSPS) is 12.8. The van der Waals surface area contributed by atoms with Crippen molar-refractivity contribution in [2.24, 2.45) is 0 Å². The van der Waals surface area contributed by atoms with Gasteiger partial charge in [0.15, 0.2) is 0 Å². The summed E-state index contributed by atoms with van der Waals surface area (Å²) in [7, 11) is -3.59. The molecule has 220 valence electrons. The Hall–Kier alpha value is -3.72. The molecular weight excluding hydrogens is 541 g/mol. The van der Waals surface area contributed by atoms with E-state index in [0.717, 1.165) is 23.8 Å². The minimum Gasteiger partial charge on any atom is -0.352 e. The maximum absolute atomic E-state index is 13.8. The van der Waals surface area contributed by atoms with Gasteiger partial charge in [0.1, 0.15) is 11.9 Å². The summed E-state index contributed by atoms with van der Waals surface area (Å²) >= 11 is 0. The van der Waals surface area contributed by atoms with Gasteiger partial charge in [-0.1, -0.05) is 67.6 Å². The van der Waals surface area contributed by atoms with E-state index in [9.17, 15) is 22.4 Å². The molecule has 0 radical (unpaired) electrons. The van der Waals surface area contributed by atoms with Gasteiger partial charge in [-0.15, -0.1) is 0 Å². The Morgan fingerprint density at radius 1 is 0.927 bits per heavy atom. The van der Waals surface area contributed by atoms with Crippen LogP contribution in [0.25, 0.3) is 0 Å². The summed E-state index contributed by atoms with van der Waals surface area (Å²) in [6.45, 7) is 5.95. The third kappa shape index (κ3) is 9.42. The molecule has 1 N–H and O–H groups in total. The van der Waals surface area contributed by atoms with Crippen LogP contribution in [-0.2, 0) is 32.6 Å². The minimum atomic E-state index is -3.59. The molecule has 3 rings (SSSR count). The summed E-state index contributed by atoms with van der Waals surface area (Å²) in [5.41, 5.74) is 2.97. The second-order valence-electron chi connectivity index (χ2n) is 10.4.